The maximum atomic E-state index is 12.5. The number of fused-ring (bicyclic) bond motifs is 1. The molecular formula is C24H23BrO6. The van der Waals surface area contributed by atoms with Gasteiger partial charge in [-0.25, -0.2) is 4.79 Å². The Bertz CT molecular complexity index is 1160. The number of hydrogen-bond donors (Lipinski definition) is 0. The van der Waals surface area contributed by atoms with Gasteiger partial charge in [0.25, 0.3) is 0 Å². The number of carbonyl (C=O) groups is 2. The van der Waals surface area contributed by atoms with E-state index in [0.717, 1.165) is 21.0 Å². The summed E-state index contributed by atoms with van der Waals surface area (Å²) >= 11 is 3.34. The highest BCUT2D eigenvalue weighted by molar-refractivity contribution is 9.10. The van der Waals surface area contributed by atoms with E-state index in [2.05, 4.69) is 15.9 Å². The van der Waals surface area contributed by atoms with Crippen molar-refractivity contribution < 1.29 is 23.5 Å². The predicted octanol–water partition coefficient (Wildman–Crippen LogP) is 5.01. The first-order valence-electron chi connectivity index (χ1n) is 9.91. The van der Waals surface area contributed by atoms with Crippen LogP contribution in [0.4, 0.5) is 0 Å². The largest absolute Gasteiger partial charge is 0.485 e. The molecule has 162 valence electrons. The summed E-state index contributed by atoms with van der Waals surface area (Å²) < 4.78 is 17.2. The Balaban J connectivity index is 1.87. The minimum Gasteiger partial charge on any atom is -0.485 e. The molecule has 0 aliphatic rings. The van der Waals surface area contributed by atoms with E-state index in [9.17, 15) is 14.4 Å². The van der Waals surface area contributed by atoms with Crippen molar-refractivity contribution in [2.75, 3.05) is 6.61 Å². The molecule has 1 aromatic heterocycles. The molecule has 0 saturated carbocycles. The summed E-state index contributed by atoms with van der Waals surface area (Å²) in [7, 11) is 0. The lowest BCUT2D eigenvalue weighted by Crippen LogP contribution is -2.14. The minimum atomic E-state index is -0.463. The lowest BCUT2D eigenvalue weighted by molar-refractivity contribution is -0.147. The normalized spacial score (nSPS) is 11.0. The molecule has 0 N–H and O–H groups in total. The van der Waals surface area contributed by atoms with Crippen molar-refractivity contribution in [1.82, 2.24) is 0 Å². The van der Waals surface area contributed by atoms with Gasteiger partial charge in [-0.15, -0.1) is 0 Å². The first-order chi connectivity index (χ1) is 14.7. The summed E-state index contributed by atoms with van der Waals surface area (Å²) in [6.45, 7) is 5.21. The Kier molecular flexibility index (Phi) is 7.28. The summed E-state index contributed by atoms with van der Waals surface area (Å²) in [5.41, 5.74) is 1.91. The van der Waals surface area contributed by atoms with Crippen molar-refractivity contribution in [1.29, 1.82) is 0 Å². The summed E-state index contributed by atoms with van der Waals surface area (Å²) in [5.74, 6) is -0.115. The third-order valence-electron chi connectivity index (χ3n) is 4.62. The van der Waals surface area contributed by atoms with Crippen LogP contribution in [0.15, 0.2) is 56.1 Å². The van der Waals surface area contributed by atoms with Gasteiger partial charge < -0.3 is 13.9 Å². The highest BCUT2D eigenvalue weighted by Gasteiger charge is 2.15. The number of halogens is 1. The highest BCUT2D eigenvalue weighted by Crippen LogP contribution is 2.29. The Morgan fingerprint density at radius 1 is 1.10 bits per heavy atom. The summed E-state index contributed by atoms with van der Waals surface area (Å²) in [5, 5.41) is 0.749. The molecule has 3 rings (SSSR count). The van der Waals surface area contributed by atoms with E-state index in [0.29, 0.717) is 23.3 Å². The zero-order valence-corrected chi connectivity index (χ0v) is 19.2. The first-order valence-corrected chi connectivity index (χ1v) is 10.7. The molecule has 31 heavy (non-hydrogen) atoms. The van der Waals surface area contributed by atoms with E-state index >= 15 is 0 Å². The molecule has 7 heteroatoms. The SMILES string of the molecule is Cc1cc(=O)oc2cc(OCC(=O)c3ccc(Br)cc3)c(CCC(=O)OC(C)C)cc12. The second kappa shape index (κ2) is 9.92. The predicted molar refractivity (Wildman–Crippen MR) is 121 cm³/mol. The van der Waals surface area contributed by atoms with Crippen molar-refractivity contribution in [3.8, 4) is 5.75 Å². The van der Waals surface area contributed by atoms with Gasteiger partial charge in [0.05, 0.1) is 6.10 Å². The standard InChI is InChI=1S/C24H23BrO6/c1-14(2)30-23(27)9-6-17-11-19-15(3)10-24(28)31-22(19)12-21(17)29-13-20(26)16-4-7-18(25)8-5-16/h4-5,7-8,10-12,14H,6,9,13H2,1-3H3. The van der Waals surface area contributed by atoms with Gasteiger partial charge in [-0.05, 0) is 56.5 Å². The fraction of sp³-hybridized carbons (Fsp3) is 0.292. The molecular weight excluding hydrogens is 464 g/mol. The average molecular weight is 487 g/mol. The lowest BCUT2D eigenvalue weighted by Gasteiger charge is -2.14. The van der Waals surface area contributed by atoms with Crippen LogP contribution in [0.1, 0.15) is 41.8 Å². The van der Waals surface area contributed by atoms with Crippen LogP contribution in [-0.2, 0) is 16.0 Å². The number of Topliss-reactive ketones (excluding diaryl/α,β-unsaturated/α-hetero) is 1. The smallest absolute Gasteiger partial charge is 0.336 e. The molecule has 0 spiro atoms. The summed E-state index contributed by atoms with van der Waals surface area (Å²) in [4.78, 5) is 36.3. The van der Waals surface area contributed by atoms with Crippen LogP contribution in [0.5, 0.6) is 5.75 Å². The fourth-order valence-electron chi connectivity index (χ4n) is 3.14. The summed E-state index contributed by atoms with van der Waals surface area (Å²) in [6.07, 6.45) is 0.332. The van der Waals surface area contributed by atoms with Crippen molar-refractivity contribution >= 4 is 38.7 Å². The molecule has 0 unspecified atom stereocenters. The van der Waals surface area contributed by atoms with Crippen LogP contribution in [0.25, 0.3) is 11.0 Å². The lowest BCUT2D eigenvalue weighted by atomic mass is 10.0. The van der Waals surface area contributed by atoms with E-state index in [4.69, 9.17) is 13.9 Å². The van der Waals surface area contributed by atoms with Gasteiger partial charge in [-0.1, -0.05) is 28.1 Å². The highest BCUT2D eigenvalue weighted by atomic mass is 79.9. The molecule has 0 aliphatic heterocycles. The van der Waals surface area contributed by atoms with Crippen LogP contribution in [0.2, 0.25) is 0 Å². The Morgan fingerprint density at radius 3 is 2.48 bits per heavy atom. The number of carbonyl (C=O) groups excluding carboxylic acids is 2. The van der Waals surface area contributed by atoms with Crippen LogP contribution in [0.3, 0.4) is 0 Å². The molecule has 0 amide bonds. The molecule has 0 aliphatic carbocycles. The first kappa shape index (κ1) is 22.7. The third kappa shape index (κ3) is 6.04. The van der Waals surface area contributed by atoms with E-state index in [1.165, 1.54) is 6.07 Å². The van der Waals surface area contributed by atoms with Gasteiger partial charge in [0.15, 0.2) is 12.4 Å². The molecule has 1 heterocycles. The molecule has 0 fully saturated rings. The second-order valence-electron chi connectivity index (χ2n) is 7.46. The second-order valence-corrected chi connectivity index (χ2v) is 8.38. The Labute approximate surface area is 188 Å². The van der Waals surface area contributed by atoms with Crippen molar-refractivity contribution in [3.05, 3.63) is 74.0 Å². The number of aryl methyl sites for hydroxylation is 2. The third-order valence-corrected chi connectivity index (χ3v) is 5.15. The zero-order chi connectivity index (χ0) is 22.5. The van der Waals surface area contributed by atoms with Crippen molar-refractivity contribution in [3.63, 3.8) is 0 Å². The molecule has 0 saturated heterocycles. The molecule has 0 bridgehead atoms. The number of benzene rings is 2. The van der Waals surface area contributed by atoms with E-state index in [1.807, 2.05) is 13.0 Å². The van der Waals surface area contributed by atoms with E-state index in [-0.39, 0.29) is 30.9 Å². The quantitative estimate of drug-likeness (QED) is 0.252. The monoisotopic (exact) mass is 486 g/mol. The van der Waals surface area contributed by atoms with E-state index in [1.54, 1.807) is 44.2 Å². The maximum absolute atomic E-state index is 12.5. The minimum absolute atomic E-state index is 0.163. The molecule has 0 atom stereocenters. The molecule has 2 aromatic carbocycles. The van der Waals surface area contributed by atoms with Crippen LogP contribution >= 0.6 is 15.9 Å². The Morgan fingerprint density at radius 2 is 1.81 bits per heavy atom. The Hall–Kier alpha value is -2.93. The van der Waals surface area contributed by atoms with Gasteiger partial charge in [0.1, 0.15) is 11.3 Å². The zero-order valence-electron chi connectivity index (χ0n) is 17.6. The maximum Gasteiger partial charge on any atom is 0.336 e. The fourth-order valence-corrected chi connectivity index (χ4v) is 3.41. The topological polar surface area (TPSA) is 82.8 Å². The van der Waals surface area contributed by atoms with Gasteiger partial charge in [-0.2, -0.15) is 0 Å². The van der Waals surface area contributed by atoms with Crippen LogP contribution in [-0.4, -0.2) is 24.5 Å². The number of rotatable bonds is 8. The molecule has 3 aromatic rings. The van der Waals surface area contributed by atoms with Gasteiger partial charge in [0.2, 0.25) is 0 Å². The number of ketones is 1. The number of esters is 1. The van der Waals surface area contributed by atoms with Crippen LogP contribution < -0.4 is 10.4 Å². The summed E-state index contributed by atoms with van der Waals surface area (Å²) in [6, 6.07) is 11.8. The number of ether oxygens (including phenoxy) is 2. The van der Waals surface area contributed by atoms with Crippen molar-refractivity contribution in [2.24, 2.45) is 0 Å². The van der Waals surface area contributed by atoms with E-state index < -0.39 is 5.63 Å². The van der Waals surface area contributed by atoms with Crippen molar-refractivity contribution in [2.45, 2.75) is 39.7 Å². The molecule has 6 nitrogen and oxygen atoms in total. The van der Waals surface area contributed by atoms with Gasteiger partial charge in [-0.3, -0.25) is 9.59 Å². The van der Waals surface area contributed by atoms with Gasteiger partial charge >= 0.3 is 11.6 Å². The van der Waals surface area contributed by atoms with Crippen LogP contribution in [0, 0.1) is 6.92 Å². The van der Waals surface area contributed by atoms with Gasteiger partial charge in [0, 0.05) is 34.0 Å². The average Bonchev–Trinajstić information content (AvgIpc) is 2.70. The number of hydrogen-bond acceptors (Lipinski definition) is 6. The molecule has 0 radical (unpaired) electrons.